The van der Waals surface area contributed by atoms with E-state index in [0.717, 1.165) is 25.6 Å². The van der Waals surface area contributed by atoms with Crippen LogP contribution in [-0.2, 0) is 9.59 Å². The predicted molar refractivity (Wildman–Crippen MR) is 84.1 cm³/mol. The minimum absolute atomic E-state index is 0. The van der Waals surface area contributed by atoms with E-state index in [1.54, 1.807) is 0 Å². The Morgan fingerprint density at radius 3 is 2.35 bits per heavy atom. The molecular weight excluding hydrogens is 303 g/mol. The van der Waals surface area contributed by atoms with E-state index in [9.17, 15) is 9.59 Å². The molecule has 0 bridgehead atoms. The minimum Gasteiger partial charge on any atom is -0.370 e. The van der Waals surface area contributed by atoms with Crippen molar-refractivity contribution < 1.29 is 9.59 Å². The summed E-state index contributed by atoms with van der Waals surface area (Å²) < 4.78 is 0. The first kappa shape index (κ1) is 21.7. The van der Waals surface area contributed by atoms with Crippen LogP contribution in [0.25, 0.3) is 0 Å². The summed E-state index contributed by atoms with van der Waals surface area (Å²) in [5.41, 5.74) is 10.5. The van der Waals surface area contributed by atoms with Gasteiger partial charge >= 0.3 is 0 Å². The molecule has 1 fully saturated rings. The Bertz CT molecular complexity index is 297. The second-order valence-electron chi connectivity index (χ2n) is 5.09. The molecule has 1 atom stereocenters. The zero-order valence-corrected chi connectivity index (χ0v) is 13.5. The molecule has 8 heteroatoms. The SMILES string of the molecule is CC1CCN(CCNC(=O)C(N)CC(N)=O)CC1.Cl.Cl. The van der Waals surface area contributed by atoms with E-state index in [1.807, 2.05) is 0 Å². The second-order valence-corrected chi connectivity index (χ2v) is 5.09. The number of rotatable bonds is 6. The van der Waals surface area contributed by atoms with Crippen molar-refractivity contribution >= 4 is 36.6 Å². The molecule has 6 nitrogen and oxygen atoms in total. The molecule has 20 heavy (non-hydrogen) atoms. The van der Waals surface area contributed by atoms with Gasteiger partial charge in [-0.3, -0.25) is 9.59 Å². The maximum Gasteiger partial charge on any atom is 0.237 e. The lowest BCUT2D eigenvalue weighted by atomic mass is 9.99. The smallest absolute Gasteiger partial charge is 0.237 e. The largest absolute Gasteiger partial charge is 0.370 e. The first-order valence-corrected chi connectivity index (χ1v) is 6.53. The van der Waals surface area contributed by atoms with Gasteiger partial charge in [0.2, 0.25) is 11.8 Å². The van der Waals surface area contributed by atoms with Gasteiger partial charge in [-0.25, -0.2) is 0 Å². The average Bonchev–Trinajstić information content (AvgIpc) is 2.30. The number of hydrogen-bond acceptors (Lipinski definition) is 4. The lowest BCUT2D eigenvalue weighted by Crippen LogP contribution is -2.46. The Balaban J connectivity index is 0. The molecule has 1 rings (SSSR count). The molecule has 0 aromatic heterocycles. The van der Waals surface area contributed by atoms with Crippen LogP contribution in [0.1, 0.15) is 26.2 Å². The predicted octanol–water partition coefficient (Wildman–Crippen LogP) is -0.119. The molecule has 2 amide bonds. The van der Waals surface area contributed by atoms with Crippen LogP contribution in [0.4, 0.5) is 0 Å². The zero-order chi connectivity index (χ0) is 13.5. The standard InChI is InChI=1S/C12H24N4O2.2ClH/c1-9-2-5-16(6-3-9)7-4-15-12(18)10(13)8-11(14)17;;/h9-10H,2-8,13H2,1H3,(H2,14,17)(H,15,18);2*1H. The number of nitrogens with zero attached hydrogens (tertiary/aromatic N) is 1. The lowest BCUT2D eigenvalue weighted by molar-refractivity contribution is -0.126. The van der Waals surface area contributed by atoms with Crippen molar-refractivity contribution in [1.82, 2.24) is 10.2 Å². The van der Waals surface area contributed by atoms with Crippen molar-refractivity contribution in [3.63, 3.8) is 0 Å². The minimum atomic E-state index is -0.830. The third-order valence-electron chi connectivity index (χ3n) is 3.36. The molecule has 0 aliphatic carbocycles. The van der Waals surface area contributed by atoms with Crippen molar-refractivity contribution in [2.45, 2.75) is 32.2 Å². The van der Waals surface area contributed by atoms with E-state index >= 15 is 0 Å². The maximum atomic E-state index is 11.5. The molecule has 5 N–H and O–H groups in total. The molecule has 1 aliphatic rings. The Kier molecular flexibility index (Phi) is 12.1. The highest BCUT2D eigenvalue weighted by Crippen LogP contribution is 2.14. The van der Waals surface area contributed by atoms with Gasteiger partial charge in [-0.15, -0.1) is 24.8 Å². The number of piperidine rings is 1. The molecule has 120 valence electrons. The van der Waals surface area contributed by atoms with Crippen LogP contribution in [0, 0.1) is 5.92 Å². The Morgan fingerprint density at radius 2 is 1.85 bits per heavy atom. The Morgan fingerprint density at radius 1 is 1.30 bits per heavy atom. The number of carbonyl (C=O) groups is 2. The van der Waals surface area contributed by atoms with Gasteiger partial charge in [0.25, 0.3) is 0 Å². The van der Waals surface area contributed by atoms with Gasteiger partial charge in [0.05, 0.1) is 12.5 Å². The van der Waals surface area contributed by atoms with Crippen molar-refractivity contribution in [2.75, 3.05) is 26.2 Å². The number of nitrogens with one attached hydrogen (secondary N) is 1. The topological polar surface area (TPSA) is 101 Å². The highest BCUT2D eigenvalue weighted by Gasteiger charge is 2.17. The summed E-state index contributed by atoms with van der Waals surface area (Å²) in [6.07, 6.45) is 2.33. The molecule has 1 aliphatic heterocycles. The van der Waals surface area contributed by atoms with E-state index < -0.39 is 11.9 Å². The number of amides is 2. The van der Waals surface area contributed by atoms with E-state index in [2.05, 4.69) is 17.1 Å². The number of carbonyl (C=O) groups excluding carboxylic acids is 2. The summed E-state index contributed by atoms with van der Waals surface area (Å²) in [5, 5.41) is 2.73. The normalized spacial score (nSPS) is 17.5. The fourth-order valence-electron chi connectivity index (χ4n) is 2.06. The summed E-state index contributed by atoms with van der Waals surface area (Å²) in [6, 6.07) is -0.830. The van der Waals surface area contributed by atoms with Gasteiger partial charge in [0, 0.05) is 13.1 Å². The fourth-order valence-corrected chi connectivity index (χ4v) is 2.06. The first-order valence-electron chi connectivity index (χ1n) is 6.53. The molecular formula is C12H26Cl2N4O2. The van der Waals surface area contributed by atoms with Crippen LogP contribution < -0.4 is 16.8 Å². The maximum absolute atomic E-state index is 11.5. The van der Waals surface area contributed by atoms with E-state index in [4.69, 9.17) is 11.5 Å². The number of likely N-dealkylation sites (tertiary alicyclic amines) is 1. The van der Waals surface area contributed by atoms with Gasteiger partial charge in [0.15, 0.2) is 0 Å². The van der Waals surface area contributed by atoms with Gasteiger partial charge in [-0.2, -0.15) is 0 Å². The molecule has 0 spiro atoms. The fraction of sp³-hybridized carbons (Fsp3) is 0.833. The summed E-state index contributed by atoms with van der Waals surface area (Å²) in [7, 11) is 0. The monoisotopic (exact) mass is 328 g/mol. The number of nitrogens with two attached hydrogens (primary N) is 2. The summed E-state index contributed by atoms with van der Waals surface area (Å²) in [5.74, 6) is -0.0540. The summed E-state index contributed by atoms with van der Waals surface area (Å²) >= 11 is 0. The number of halogens is 2. The molecule has 1 unspecified atom stereocenters. The molecule has 0 aromatic carbocycles. The summed E-state index contributed by atoms with van der Waals surface area (Å²) in [6.45, 7) is 5.85. The molecule has 0 radical (unpaired) electrons. The molecule has 0 saturated carbocycles. The van der Waals surface area contributed by atoms with Gasteiger partial charge in [-0.05, 0) is 31.8 Å². The lowest BCUT2D eigenvalue weighted by Gasteiger charge is -2.30. The summed E-state index contributed by atoms with van der Waals surface area (Å²) in [4.78, 5) is 24.5. The van der Waals surface area contributed by atoms with Crippen LogP contribution in [-0.4, -0.2) is 48.9 Å². The molecule has 0 aromatic rings. The first-order chi connectivity index (χ1) is 8.49. The van der Waals surface area contributed by atoms with E-state index in [-0.39, 0.29) is 37.1 Å². The van der Waals surface area contributed by atoms with Crippen molar-refractivity contribution in [2.24, 2.45) is 17.4 Å². The van der Waals surface area contributed by atoms with Crippen LogP contribution >= 0.6 is 24.8 Å². The molecule has 1 saturated heterocycles. The van der Waals surface area contributed by atoms with Crippen LogP contribution in [0.15, 0.2) is 0 Å². The molecule has 1 heterocycles. The second kappa shape index (κ2) is 11.1. The van der Waals surface area contributed by atoms with Crippen molar-refractivity contribution in [3.8, 4) is 0 Å². The van der Waals surface area contributed by atoms with Crippen LogP contribution in [0.2, 0.25) is 0 Å². The van der Waals surface area contributed by atoms with Gasteiger partial charge < -0.3 is 21.7 Å². The Labute approximate surface area is 132 Å². The van der Waals surface area contributed by atoms with Crippen LogP contribution in [0.5, 0.6) is 0 Å². The third-order valence-corrected chi connectivity index (χ3v) is 3.36. The van der Waals surface area contributed by atoms with Crippen molar-refractivity contribution in [1.29, 1.82) is 0 Å². The Hall–Kier alpha value is -0.560. The van der Waals surface area contributed by atoms with Crippen LogP contribution in [0.3, 0.4) is 0 Å². The zero-order valence-electron chi connectivity index (χ0n) is 11.8. The van der Waals surface area contributed by atoms with E-state index in [1.165, 1.54) is 12.8 Å². The average molecular weight is 329 g/mol. The van der Waals surface area contributed by atoms with Gasteiger partial charge in [0.1, 0.15) is 0 Å². The highest BCUT2D eigenvalue weighted by molar-refractivity contribution is 5.87. The highest BCUT2D eigenvalue weighted by atomic mass is 35.5. The van der Waals surface area contributed by atoms with Gasteiger partial charge in [-0.1, -0.05) is 6.92 Å². The number of hydrogen-bond donors (Lipinski definition) is 3. The van der Waals surface area contributed by atoms with Crippen molar-refractivity contribution in [3.05, 3.63) is 0 Å². The quantitative estimate of drug-likeness (QED) is 0.632. The third kappa shape index (κ3) is 8.58. The number of primary amides is 1. The van der Waals surface area contributed by atoms with E-state index in [0.29, 0.717) is 6.54 Å².